The highest BCUT2D eigenvalue weighted by atomic mass is 16.4. The molecule has 0 saturated heterocycles. The first-order chi connectivity index (χ1) is 9.63. The Kier molecular flexibility index (Phi) is 7.40. The highest BCUT2D eigenvalue weighted by Crippen LogP contribution is 2.28. The second-order valence-electron chi connectivity index (χ2n) is 5.07. The third-order valence-corrected chi connectivity index (χ3v) is 3.53. The number of hydrogen-bond donors (Lipinski definition) is 2. The molecule has 1 aliphatic carbocycles. The smallest absolute Gasteiger partial charge is 0.306 e. The Labute approximate surface area is 120 Å². The van der Waals surface area contributed by atoms with Crippen LogP contribution < -0.4 is 5.32 Å². The molecule has 1 aliphatic rings. The van der Waals surface area contributed by atoms with Crippen LogP contribution in [0.15, 0.2) is 36.5 Å². The Morgan fingerprint density at radius 3 is 2.35 bits per heavy atom. The monoisotopic (exact) mass is 277 g/mol. The summed E-state index contributed by atoms with van der Waals surface area (Å²) >= 11 is 0. The van der Waals surface area contributed by atoms with E-state index in [4.69, 9.17) is 5.11 Å². The lowest BCUT2D eigenvalue weighted by atomic mass is 9.82. The molecule has 0 aromatic rings. The van der Waals surface area contributed by atoms with Gasteiger partial charge in [-0.3, -0.25) is 9.59 Å². The molecule has 0 atom stereocenters. The number of aliphatic carboxylic acids is 1. The van der Waals surface area contributed by atoms with Gasteiger partial charge in [0.2, 0.25) is 5.91 Å². The Morgan fingerprint density at radius 1 is 1.10 bits per heavy atom. The van der Waals surface area contributed by atoms with E-state index >= 15 is 0 Å². The van der Waals surface area contributed by atoms with Crippen LogP contribution >= 0.6 is 0 Å². The number of carbonyl (C=O) groups is 2. The number of rotatable bonds is 6. The van der Waals surface area contributed by atoms with E-state index in [-0.39, 0.29) is 11.8 Å². The normalized spacial score (nSPS) is 23.6. The van der Waals surface area contributed by atoms with Gasteiger partial charge in [-0.25, -0.2) is 0 Å². The fourth-order valence-electron chi connectivity index (χ4n) is 2.30. The summed E-state index contributed by atoms with van der Waals surface area (Å²) in [6.45, 7) is 2.56. The van der Waals surface area contributed by atoms with E-state index in [1.54, 1.807) is 12.2 Å². The maximum atomic E-state index is 11.5. The molecule has 0 heterocycles. The van der Waals surface area contributed by atoms with Crippen LogP contribution in [0.5, 0.6) is 0 Å². The van der Waals surface area contributed by atoms with Gasteiger partial charge >= 0.3 is 5.97 Å². The van der Waals surface area contributed by atoms with Crippen molar-refractivity contribution in [2.75, 3.05) is 6.54 Å². The van der Waals surface area contributed by atoms with Crippen molar-refractivity contribution >= 4 is 11.9 Å². The van der Waals surface area contributed by atoms with Gasteiger partial charge in [0, 0.05) is 12.6 Å². The fourth-order valence-corrected chi connectivity index (χ4v) is 2.30. The van der Waals surface area contributed by atoms with Gasteiger partial charge in [-0.05, 0) is 38.5 Å². The summed E-state index contributed by atoms with van der Waals surface area (Å²) in [5.74, 6) is -0.584. The minimum Gasteiger partial charge on any atom is -0.481 e. The molecular weight excluding hydrogens is 254 g/mol. The minimum absolute atomic E-state index is 0.101. The molecule has 1 rings (SSSR count). The average molecular weight is 277 g/mol. The zero-order valence-corrected chi connectivity index (χ0v) is 11.9. The summed E-state index contributed by atoms with van der Waals surface area (Å²) in [6, 6.07) is 0. The number of amides is 1. The van der Waals surface area contributed by atoms with Crippen molar-refractivity contribution < 1.29 is 14.7 Å². The molecule has 0 radical (unpaired) electrons. The molecule has 0 aliphatic heterocycles. The van der Waals surface area contributed by atoms with E-state index in [0.29, 0.717) is 12.5 Å². The second kappa shape index (κ2) is 9.13. The topological polar surface area (TPSA) is 66.4 Å². The van der Waals surface area contributed by atoms with Gasteiger partial charge < -0.3 is 10.4 Å². The number of carbonyl (C=O) groups excluding carboxylic acids is 1. The summed E-state index contributed by atoms with van der Waals surface area (Å²) in [4.78, 5) is 22.4. The summed E-state index contributed by atoms with van der Waals surface area (Å²) in [5.41, 5.74) is 0. The molecule has 2 N–H and O–H groups in total. The quantitative estimate of drug-likeness (QED) is 0.579. The molecule has 0 bridgehead atoms. The average Bonchev–Trinajstić information content (AvgIpc) is 2.45. The largest absolute Gasteiger partial charge is 0.481 e. The molecule has 4 nitrogen and oxygen atoms in total. The van der Waals surface area contributed by atoms with E-state index < -0.39 is 5.97 Å². The summed E-state index contributed by atoms with van der Waals surface area (Å²) in [5, 5.41) is 11.8. The van der Waals surface area contributed by atoms with Crippen molar-refractivity contribution in [3.63, 3.8) is 0 Å². The summed E-state index contributed by atoms with van der Waals surface area (Å²) in [6.07, 6.45) is 13.9. The molecule has 110 valence electrons. The van der Waals surface area contributed by atoms with E-state index in [1.807, 2.05) is 25.2 Å². The lowest BCUT2D eigenvalue weighted by Crippen LogP contribution is -2.31. The maximum Gasteiger partial charge on any atom is 0.306 e. The molecular formula is C16H23NO3. The van der Waals surface area contributed by atoms with E-state index in [0.717, 1.165) is 25.7 Å². The van der Waals surface area contributed by atoms with Crippen LogP contribution in [-0.4, -0.2) is 23.5 Å². The van der Waals surface area contributed by atoms with Gasteiger partial charge in [0.05, 0.1) is 5.92 Å². The van der Waals surface area contributed by atoms with Crippen LogP contribution in [0.1, 0.15) is 32.6 Å². The molecule has 20 heavy (non-hydrogen) atoms. The van der Waals surface area contributed by atoms with Gasteiger partial charge in [-0.1, -0.05) is 30.4 Å². The summed E-state index contributed by atoms with van der Waals surface area (Å²) in [7, 11) is 0. The molecule has 0 aromatic carbocycles. The number of nitrogens with one attached hydrogen (secondary N) is 1. The third kappa shape index (κ3) is 6.36. The van der Waals surface area contributed by atoms with E-state index in [1.165, 1.54) is 6.08 Å². The predicted molar refractivity (Wildman–Crippen MR) is 79.2 cm³/mol. The number of carboxylic acids is 1. The van der Waals surface area contributed by atoms with E-state index in [9.17, 15) is 9.59 Å². The third-order valence-electron chi connectivity index (χ3n) is 3.53. The molecule has 0 unspecified atom stereocenters. The van der Waals surface area contributed by atoms with Crippen molar-refractivity contribution in [3.8, 4) is 0 Å². The highest BCUT2D eigenvalue weighted by molar-refractivity contribution is 5.87. The van der Waals surface area contributed by atoms with E-state index in [2.05, 4.69) is 5.32 Å². The lowest BCUT2D eigenvalue weighted by Gasteiger charge is -2.25. The zero-order chi connectivity index (χ0) is 14.8. The molecule has 0 spiro atoms. The van der Waals surface area contributed by atoms with Crippen LogP contribution in [0.3, 0.4) is 0 Å². The Morgan fingerprint density at radius 2 is 1.75 bits per heavy atom. The fraction of sp³-hybridized carbons (Fsp3) is 0.500. The van der Waals surface area contributed by atoms with Gasteiger partial charge in [-0.2, -0.15) is 0 Å². The van der Waals surface area contributed by atoms with Crippen molar-refractivity contribution in [1.29, 1.82) is 0 Å². The summed E-state index contributed by atoms with van der Waals surface area (Å²) < 4.78 is 0. The van der Waals surface area contributed by atoms with Crippen molar-refractivity contribution in [2.24, 2.45) is 11.8 Å². The van der Waals surface area contributed by atoms with Crippen LogP contribution in [-0.2, 0) is 9.59 Å². The first kappa shape index (κ1) is 16.2. The zero-order valence-electron chi connectivity index (χ0n) is 11.9. The molecule has 4 heteroatoms. The standard InChI is InChI=1S/C16H23NO3/c1-2-3-4-5-6-7-15(18)17-12-13-8-10-14(11-9-13)16(19)20/h2-7,13-14H,8-12H2,1H3,(H,17,18)(H,19,20). The first-order valence-electron chi connectivity index (χ1n) is 7.10. The van der Waals surface area contributed by atoms with Crippen LogP contribution in [0.2, 0.25) is 0 Å². The van der Waals surface area contributed by atoms with Crippen LogP contribution in [0.4, 0.5) is 0 Å². The maximum absolute atomic E-state index is 11.5. The van der Waals surface area contributed by atoms with Crippen molar-refractivity contribution in [3.05, 3.63) is 36.5 Å². The molecule has 0 aromatic heterocycles. The van der Waals surface area contributed by atoms with Crippen molar-refractivity contribution in [1.82, 2.24) is 5.32 Å². The molecule has 1 amide bonds. The number of allylic oxidation sites excluding steroid dienone is 5. The first-order valence-corrected chi connectivity index (χ1v) is 7.10. The number of hydrogen-bond acceptors (Lipinski definition) is 2. The SMILES string of the molecule is CC=CC=CC=CC(=O)NCC1CCC(C(=O)O)CC1. The Hall–Kier alpha value is -1.84. The van der Waals surface area contributed by atoms with Gasteiger partial charge in [-0.15, -0.1) is 0 Å². The Balaban J connectivity index is 2.20. The van der Waals surface area contributed by atoms with Gasteiger partial charge in [0.25, 0.3) is 0 Å². The highest BCUT2D eigenvalue weighted by Gasteiger charge is 2.25. The molecule has 1 fully saturated rings. The minimum atomic E-state index is -0.691. The predicted octanol–water partition coefficient (Wildman–Crippen LogP) is 2.68. The second-order valence-corrected chi connectivity index (χ2v) is 5.07. The van der Waals surface area contributed by atoms with Gasteiger partial charge in [0.15, 0.2) is 0 Å². The van der Waals surface area contributed by atoms with Gasteiger partial charge in [0.1, 0.15) is 0 Å². The van der Waals surface area contributed by atoms with Crippen LogP contribution in [0.25, 0.3) is 0 Å². The van der Waals surface area contributed by atoms with Crippen LogP contribution in [0, 0.1) is 11.8 Å². The van der Waals surface area contributed by atoms with Crippen molar-refractivity contribution in [2.45, 2.75) is 32.6 Å². The molecule has 1 saturated carbocycles. The Bertz CT molecular complexity index is 402. The number of carboxylic acid groups (broad SMARTS) is 1. The lowest BCUT2D eigenvalue weighted by molar-refractivity contribution is -0.143.